The minimum atomic E-state index is -0.461. The van der Waals surface area contributed by atoms with Gasteiger partial charge in [-0.1, -0.05) is 13.8 Å². The first kappa shape index (κ1) is 24.8. The lowest BCUT2D eigenvalue weighted by Crippen LogP contribution is -2.55. The summed E-state index contributed by atoms with van der Waals surface area (Å²) in [4.78, 5) is 19.5. The first-order valence-electron chi connectivity index (χ1n) is 11.8. The number of fused-ring (bicyclic) bond motifs is 2. The molecule has 7 nitrogen and oxygen atoms in total. The zero-order chi connectivity index (χ0) is 22.3. The van der Waals surface area contributed by atoms with Gasteiger partial charge in [0.2, 0.25) is 0 Å². The van der Waals surface area contributed by atoms with Gasteiger partial charge in [-0.2, -0.15) is 0 Å². The van der Waals surface area contributed by atoms with Crippen LogP contribution in [0, 0.1) is 11.8 Å². The molecule has 3 unspecified atom stereocenters. The van der Waals surface area contributed by atoms with Gasteiger partial charge >= 0.3 is 6.09 Å². The van der Waals surface area contributed by atoms with Crippen molar-refractivity contribution in [1.29, 1.82) is 0 Å². The summed E-state index contributed by atoms with van der Waals surface area (Å²) in [5, 5.41) is 16.3. The predicted octanol–water partition coefficient (Wildman–Crippen LogP) is 3.52. The zero-order valence-corrected chi connectivity index (χ0v) is 19.9. The first-order valence-corrected chi connectivity index (χ1v) is 11.8. The number of aliphatic imine (C=N–C) groups is 1. The molecule has 0 saturated carbocycles. The Kier molecular flexibility index (Phi) is 9.26. The molecule has 3 atom stereocenters. The number of carbonyl (C=O) groups is 1. The number of carbonyl (C=O) groups excluding carboxylic acids is 1. The zero-order valence-electron chi connectivity index (χ0n) is 19.9. The van der Waals surface area contributed by atoms with E-state index in [9.17, 15) is 9.90 Å². The summed E-state index contributed by atoms with van der Waals surface area (Å²) >= 11 is 0. The molecule has 0 aromatic heterocycles. The van der Waals surface area contributed by atoms with E-state index in [0.29, 0.717) is 17.9 Å². The Bertz CT molecular complexity index is 559. The van der Waals surface area contributed by atoms with Crippen molar-refractivity contribution in [3.63, 3.8) is 0 Å². The van der Waals surface area contributed by atoms with Crippen molar-refractivity contribution in [3.8, 4) is 0 Å². The van der Waals surface area contributed by atoms with E-state index in [1.807, 2.05) is 25.7 Å². The Morgan fingerprint density at radius 2 is 1.87 bits per heavy atom. The van der Waals surface area contributed by atoms with Gasteiger partial charge in [0.1, 0.15) is 5.60 Å². The molecule has 2 aliphatic rings. The van der Waals surface area contributed by atoms with Gasteiger partial charge in [0.05, 0.1) is 0 Å². The van der Waals surface area contributed by atoms with Gasteiger partial charge in [-0.25, -0.2) is 4.79 Å². The number of hydrogen-bond donors (Lipinski definition) is 3. The number of rotatable bonds is 8. The molecule has 2 heterocycles. The molecular formula is C23H44N4O3. The van der Waals surface area contributed by atoms with Crippen LogP contribution in [0.4, 0.5) is 4.79 Å². The average Bonchev–Trinajstić information content (AvgIpc) is 2.89. The molecule has 30 heavy (non-hydrogen) atoms. The van der Waals surface area contributed by atoms with E-state index < -0.39 is 5.60 Å². The smallest absolute Gasteiger partial charge is 0.410 e. The highest BCUT2D eigenvalue weighted by Crippen LogP contribution is 2.36. The maximum Gasteiger partial charge on any atom is 0.410 e. The number of aliphatic hydroxyl groups excluding tert-OH is 1. The van der Waals surface area contributed by atoms with Gasteiger partial charge in [0, 0.05) is 37.8 Å². The Labute approximate surface area is 183 Å². The molecule has 0 spiro atoms. The number of nitrogens with one attached hydrogen (secondary N) is 2. The van der Waals surface area contributed by atoms with Gasteiger partial charge in [0.15, 0.2) is 5.96 Å². The topological polar surface area (TPSA) is 86.2 Å². The van der Waals surface area contributed by atoms with Crippen LogP contribution in [0.5, 0.6) is 0 Å². The summed E-state index contributed by atoms with van der Waals surface area (Å²) in [5.74, 6) is 1.84. The first-order chi connectivity index (χ1) is 14.1. The molecule has 7 heteroatoms. The van der Waals surface area contributed by atoms with E-state index in [-0.39, 0.29) is 24.8 Å². The lowest BCUT2D eigenvalue weighted by molar-refractivity contribution is 0.00544. The van der Waals surface area contributed by atoms with Gasteiger partial charge in [-0.15, -0.1) is 0 Å². The minimum Gasteiger partial charge on any atom is -0.444 e. The quantitative estimate of drug-likeness (QED) is 0.410. The van der Waals surface area contributed by atoms with Crippen LogP contribution in [0.15, 0.2) is 4.99 Å². The summed E-state index contributed by atoms with van der Waals surface area (Å²) in [6.07, 6.45) is 5.63. The molecule has 174 valence electrons. The van der Waals surface area contributed by atoms with Crippen molar-refractivity contribution >= 4 is 12.1 Å². The van der Waals surface area contributed by atoms with Crippen molar-refractivity contribution in [2.24, 2.45) is 16.8 Å². The van der Waals surface area contributed by atoms with E-state index in [4.69, 9.17) is 9.73 Å². The molecule has 0 radical (unpaired) electrons. The number of amides is 1. The van der Waals surface area contributed by atoms with Crippen LogP contribution in [0.2, 0.25) is 0 Å². The fourth-order valence-corrected chi connectivity index (χ4v) is 4.77. The van der Waals surface area contributed by atoms with E-state index in [1.54, 1.807) is 0 Å². The van der Waals surface area contributed by atoms with Crippen molar-refractivity contribution in [2.45, 2.75) is 104 Å². The van der Waals surface area contributed by atoms with Gasteiger partial charge in [-0.3, -0.25) is 4.99 Å². The molecule has 2 rings (SSSR count). The maximum absolute atomic E-state index is 12.7. The van der Waals surface area contributed by atoms with Gasteiger partial charge < -0.3 is 25.4 Å². The monoisotopic (exact) mass is 424 g/mol. The predicted molar refractivity (Wildman–Crippen MR) is 122 cm³/mol. The number of ether oxygens (including phenoxy) is 1. The van der Waals surface area contributed by atoms with Crippen LogP contribution < -0.4 is 10.6 Å². The average molecular weight is 425 g/mol. The second-order valence-electron chi connectivity index (χ2n) is 10.3. The molecule has 2 bridgehead atoms. The van der Waals surface area contributed by atoms with E-state index in [2.05, 4.69) is 31.4 Å². The molecule has 0 aromatic rings. The molecule has 0 aromatic carbocycles. The molecule has 0 aliphatic carbocycles. The summed E-state index contributed by atoms with van der Waals surface area (Å²) in [7, 11) is 0. The standard InChI is InChI=1S/C23H44N4O3/c1-7-24-21(25-15-17(10-11-28)12-16(2)3)26-18-13-19-8-9-20(14-18)27(19)22(29)30-23(4,5)6/h16-20,28H,7-15H2,1-6H3,(H2,24,25,26). The van der Waals surface area contributed by atoms with E-state index in [1.165, 1.54) is 0 Å². The van der Waals surface area contributed by atoms with E-state index in [0.717, 1.165) is 57.6 Å². The number of hydrogen-bond acceptors (Lipinski definition) is 4. The van der Waals surface area contributed by atoms with Crippen molar-refractivity contribution in [2.75, 3.05) is 19.7 Å². The normalized spacial score (nSPS) is 25.4. The Hall–Kier alpha value is -1.50. The summed E-state index contributed by atoms with van der Waals surface area (Å²) in [6, 6.07) is 0.782. The van der Waals surface area contributed by atoms with Crippen LogP contribution in [-0.4, -0.2) is 65.5 Å². The molecule has 2 fully saturated rings. The van der Waals surface area contributed by atoms with Crippen molar-refractivity contribution in [3.05, 3.63) is 0 Å². The number of guanidine groups is 1. The highest BCUT2D eigenvalue weighted by molar-refractivity contribution is 5.80. The molecular weight excluding hydrogens is 380 g/mol. The van der Waals surface area contributed by atoms with Gasteiger partial charge in [-0.05, 0) is 78.1 Å². The van der Waals surface area contributed by atoms with Crippen LogP contribution in [0.1, 0.15) is 80.1 Å². The Balaban J connectivity index is 1.96. The third-order valence-electron chi connectivity index (χ3n) is 5.87. The van der Waals surface area contributed by atoms with Crippen molar-refractivity contribution < 1.29 is 14.6 Å². The lowest BCUT2D eigenvalue weighted by Gasteiger charge is -2.40. The maximum atomic E-state index is 12.7. The summed E-state index contributed by atoms with van der Waals surface area (Å²) < 4.78 is 5.64. The second kappa shape index (κ2) is 11.2. The Morgan fingerprint density at radius 1 is 1.23 bits per heavy atom. The lowest BCUT2D eigenvalue weighted by atomic mass is 9.94. The molecule has 2 saturated heterocycles. The minimum absolute atomic E-state index is 0.172. The van der Waals surface area contributed by atoms with Crippen LogP contribution in [0.3, 0.4) is 0 Å². The van der Waals surface area contributed by atoms with E-state index >= 15 is 0 Å². The molecule has 2 aliphatic heterocycles. The van der Waals surface area contributed by atoms with Crippen LogP contribution >= 0.6 is 0 Å². The highest BCUT2D eigenvalue weighted by atomic mass is 16.6. The third kappa shape index (κ3) is 7.64. The number of aliphatic hydroxyl groups is 1. The molecule has 3 N–H and O–H groups in total. The van der Waals surface area contributed by atoms with Gasteiger partial charge in [0.25, 0.3) is 0 Å². The number of nitrogens with zero attached hydrogens (tertiary/aromatic N) is 2. The SMILES string of the molecule is CCNC(=NCC(CCO)CC(C)C)NC1CC2CCC(C1)N2C(=O)OC(C)(C)C. The summed E-state index contributed by atoms with van der Waals surface area (Å²) in [6.45, 7) is 14.0. The largest absolute Gasteiger partial charge is 0.444 e. The fourth-order valence-electron chi connectivity index (χ4n) is 4.77. The third-order valence-corrected chi connectivity index (χ3v) is 5.87. The van der Waals surface area contributed by atoms with Crippen LogP contribution in [-0.2, 0) is 4.74 Å². The summed E-state index contributed by atoms with van der Waals surface area (Å²) in [5.41, 5.74) is -0.461. The molecule has 1 amide bonds. The van der Waals surface area contributed by atoms with Crippen molar-refractivity contribution in [1.82, 2.24) is 15.5 Å². The number of piperidine rings is 1. The van der Waals surface area contributed by atoms with Crippen LogP contribution in [0.25, 0.3) is 0 Å². The highest BCUT2D eigenvalue weighted by Gasteiger charge is 2.45. The fraction of sp³-hybridized carbons (Fsp3) is 0.913. The second-order valence-corrected chi connectivity index (χ2v) is 10.3. The Morgan fingerprint density at radius 3 is 2.37 bits per heavy atom.